The van der Waals surface area contributed by atoms with Crippen molar-refractivity contribution in [1.29, 1.82) is 0 Å². The summed E-state index contributed by atoms with van der Waals surface area (Å²) in [6.07, 6.45) is 5.59. The zero-order chi connectivity index (χ0) is 13.2. The van der Waals surface area contributed by atoms with Crippen LogP contribution in [0.1, 0.15) is 53.4 Å². The van der Waals surface area contributed by atoms with Gasteiger partial charge in [-0.25, -0.2) is 0 Å². The monoisotopic (exact) mass is 252 g/mol. The molecule has 2 fully saturated rings. The average Bonchev–Trinajstić information content (AvgIpc) is 2.36. The van der Waals surface area contributed by atoms with Gasteiger partial charge in [-0.05, 0) is 69.5 Å². The predicted octanol–water partition coefficient (Wildman–Crippen LogP) is 3.13. The molecule has 0 radical (unpaired) electrons. The van der Waals surface area contributed by atoms with Crippen LogP contribution >= 0.6 is 0 Å². The predicted molar refractivity (Wildman–Crippen MR) is 78.8 cm³/mol. The van der Waals surface area contributed by atoms with E-state index in [1.165, 1.54) is 51.9 Å². The van der Waals surface area contributed by atoms with E-state index in [9.17, 15) is 0 Å². The molecule has 0 bridgehead atoms. The third-order valence-corrected chi connectivity index (χ3v) is 5.52. The molecule has 0 aromatic carbocycles. The highest BCUT2D eigenvalue weighted by molar-refractivity contribution is 4.88. The van der Waals surface area contributed by atoms with Gasteiger partial charge in [-0.2, -0.15) is 0 Å². The molecule has 2 nitrogen and oxygen atoms in total. The lowest BCUT2D eigenvalue weighted by atomic mass is 9.74. The SMILES string of the molecule is CC1CCCN(CC(C)(C)C2CCCNC2)C1C. The molecule has 0 amide bonds. The van der Waals surface area contributed by atoms with Crippen molar-refractivity contribution < 1.29 is 0 Å². The minimum atomic E-state index is 0.457. The van der Waals surface area contributed by atoms with E-state index in [-0.39, 0.29) is 0 Å². The van der Waals surface area contributed by atoms with Gasteiger partial charge >= 0.3 is 0 Å². The minimum absolute atomic E-state index is 0.457. The van der Waals surface area contributed by atoms with E-state index in [2.05, 4.69) is 37.9 Å². The Morgan fingerprint density at radius 1 is 1.17 bits per heavy atom. The summed E-state index contributed by atoms with van der Waals surface area (Å²) in [5, 5.41) is 3.58. The maximum Gasteiger partial charge on any atom is 0.00927 e. The fourth-order valence-electron chi connectivity index (χ4n) is 3.82. The smallest absolute Gasteiger partial charge is 0.00927 e. The van der Waals surface area contributed by atoms with Gasteiger partial charge in [-0.15, -0.1) is 0 Å². The molecule has 0 saturated carbocycles. The fraction of sp³-hybridized carbons (Fsp3) is 1.00. The van der Waals surface area contributed by atoms with Crippen molar-refractivity contribution in [3.63, 3.8) is 0 Å². The van der Waals surface area contributed by atoms with Crippen LogP contribution < -0.4 is 5.32 Å². The number of nitrogens with one attached hydrogen (secondary N) is 1. The van der Waals surface area contributed by atoms with E-state index in [0.29, 0.717) is 5.41 Å². The second kappa shape index (κ2) is 5.92. The highest BCUT2D eigenvalue weighted by atomic mass is 15.2. The van der Waals surface area contributed by atoms with Gasteiger partial charge in [-0.3, -0.25) is 4.90 Å². The number of hydrogen-bond donors (Lipinski definition) is 1. The van der Waals surface area contributed by atoms with Gasteiger partial charge < -0.3 is 5.32 Å². The number of likely N-dealkylation sites (tertiary alicyclic amines) is 1. The van der Waals surface area contributed by atoms with Crippen molar-refractivity contribution in [1.82, 2.24) is 10.2 Å². The Labute approximate surface area is 114 Å². The number of piperidine rings is 2. The molecule has 2 saturated heterocycles. The maximum absolute atomic E-state index is 3.58. The van der Waals surface area contributed by atoms with Gasteiger partial charge in [0.15, 0.2) is 0 Å². The summed E-state index contributed by atoms with van der Waals surface area (Å²) in [5.41, 5.74) is 0.457. The van der Waals surface area contributed by atoms with Crippen LogP contribution in [0.25, 0.3) is 0 Å². The van der Waals surface area contributed by atoms with Gasteiger partial charge in [0.25, 0.3) is 0 Å². The molecule has 2 rings (SSSR count). The van der Waals surface area contributed by atoms with Crippen molar-refractivity contribution in [3.05, 3.63) is 0 Å². The number of hydrogen-bond acceptors (Lipinski definition) is 2. The molecule has 2 aliphatic heterocycles. The largest absolute Gasteiger partial charge is 0.316 e. The normalized spacial score (nSPS) is 35.7. The molecule has 3 atom stereocenters. The molecule has 0 aliphatic carbocycles. The lowest BCUT2D eigenvalue weighted by molar-refractivity contribution is 0.0401. The summed E-state index contributed by atoms with van der Waals surface area (Å²) in [7, 11) is 0. The Balaban J connectivity index is 1.93. The molecule has 2 aliphatic rings. The maximum atomic E-state index is 3.58. The first-order valence-corrected chi connectivity index (χ1v) is 7.95. The van der Waals surface area contributed by atoms with Crippen LogP contribution in [0.5, 0.6) is 0 Å². The van der Waals surface area contributed by atoms with Crippen molar-refractivity contribution in [3.8, 4) is 0 Å². The number of rotatable bonds is 3. The van der Waals surface area contributed by atoms with Crippen LogP contribution in [-0.4, -0.2) is 37.1 Å². The summed E-state index contributed by atoms with van der Waals surface area (Å²) >= 11 is 0. The third kappa shape index (κ3) is 3.27. The quantitative estimate of drug-likeness (QED) is 0.830. The summed E-state index contributed by atoms with van der Waals surface area (Å²) in [5.74, 6) is 1.73. The second-order valence-corrected chi connectivity index (χ2v) is 7.36. The van der Waals surface area contributed by atoms with Crippen LogP contribution in [0.3, 0.4) is 0 Å². The highest BCUT2D eigenvalue weighted by Crippen LogP contribution is 2.35. The molecule has 0 aromatic heterocycles. The van der Waals surface area contributed by atoms with Crippen LogP contribution in [0, 0.1) is 17.3 Å². The van der Waals surface area contributed by atoms with Crippen LogP contribution in [0.15, 0.2) is 0 Å². The first-order chi connectivity index (χ1) is 8.50. The molecule has 0 aromatic rings. The van der Waals surface area contributed by atoms with Crippen molar-refractivity contribution in [2.24, 2.45) is 17.3 Å². The molecule has 1 N–H and O–H groups in total. The first-order valence-electron chi connectivity index (χ1n) is 7.95. The molecule has 106 valence electrons. The van der Waals surface area contributed by atoms with Gasteiger partial charge in [0.05, 0.1) is 0 Å². The van der Waals surface area contributed by atoms with Crippen molar-refractivity contribution in [2.45, 2.75) is 59.4 Å². The van der Waals surface area contributed by atoms with E-state index in [0.717, 1.165) is 17.9 Å². The number of nitrogens with zero attached hydrogens (tertiary/aromatic N) is 1. The van der Waals surface area contributed by atoms with E-state index in [1.807, 2.05) is 0 Å². The Morgan fingerprint density at radius 2 is 1.94 bits per heavy atom. The zero-order valence-electron chi connectivity index (χ0n) is 12.8. The Morgan fingerprint density at radius 3 is 2.61 bits per heavy atom. The van der Waals surface area contributed by atoms with Gasteiger partial charge in [0.2, 0.25) is 0 Å². The summed E-state index contributed by atoms with van der Waals surface area (Å²) < 4.78 is 0. The Hall–Kier alpha value is -0.0800. The zero-order valence-corrected chi connectivity index (χ0v) is 12.8. The van der Waals surface area contributed by atoms with Crippen LogP contribution in [0.4, 0.5) is 0 Å². The molecular weight excluding hydrogens is 220 g/mol. The van der Waals surface area contributed by atoms with Crippen LogP contribution in [-0.2, 0) is 0 Å². The topological polar surface area (TPSA) is 15.3 Å². The van der Waals surface area contributed by atoms with E-state index in [1.54, 1.807) is 0 Å². The van der Waals surface area contributed by atoms with Crippen molar-refractivity contribution in [2.75, 3.05) is 26.2 Å². The third-order valence-electron chi connectivity index (χ3n) is 5.52. The molecule has 2 heterocycles. The van der Waals surface area contributed by atoms with E-state index >= 15 is 0 Å². The van der Waals surface area contributed by atoms with E-state index in [4.69, 9.17) is 0 Å². The summed E-state index contributed by atoms with van der Waals surface area (Å²) in [6, 6.07) is 0.773. The highest BCUT2D eigenvalue weighted by Gasteiger charge is 2.35. The lowest BCUT2D eigenvalue weighted by Gasteiger charge is -2.45. The first kappa shape index (κ1) is 14.3. The van der Waals surface area contributed by atoms with E-state index < -0.39 is 0 Å². The Bertz CT molecular complexity index is 256. The molecule has 2 heteroatoms. The molecule has 18 heavy (non-hydrogen) atoms. The Kier molecular flexibility index (Phi) is 4.71. The van der Waals surface area contributed by atoms with Gasteiger partial charge in [-0.1, -0.05) is 20.8 Å². The molecular formula is C16H32N2. The van der Waals surface area contributed by atoms with Gasteiger partial charge in [0.1, 0.15) is 0 Å². The fourth-order valence-corrected chi connectivity index (χ4v) is 3.82. The standard InChI is InChI=1S/C16H32N2/c1-13-7-6-10-18(14(13)2)12-16(3,4)15-8-5-9-17-11-15/h13-15,17H,5-12H2,1-4H3. The van der Waals surface area contributed by atoms with Gasteiger partial charge in [0, 0.05) is 12.6 Å². The summed E-state index contributed by atoms with van der Waals surface area (Å²) in [4.78, 5) is 2.75. The lowest BCUT2D eigenvalue weighted by Crippen LogP contribution is -2.50. The van der Waals surface area contributed by atoms with Crippen molar-refractivity contribution >= 4 is 0 Å². The second-order valence-electron chi connectivity index (χ2n) is 7.36. The average molecular weight is 252 g/mol. The minimum Gasteiger partial charge on any atom is -0.316 e. The molecule has 3 unspecified atom stereocenters. The summed E-state index contributed by atoms with van der Waals surface area (Å²) in [6.45, 7) is 14.9. The van der Waals surface area contributed by atoms with Crippen LogP contribution in [0.2, 0.25) is 0 Å². The molecule has 0 spiro atoms.